The Labute approximate surface area is 110 Å². The van der Waals surface area contributed by atoms with Gasteiger partial charge < -0.3 is 5.73 Å². The third kappa shape index (κ3) is 2.06. The van der Waals surface area contributed by atoms with Crippen molar-refractivity contribution < 1.29 is 4.79 Å². The van der Waals surface area contributed by atoms with Crippen LogP contribution < -0.4 is 5.73 Å². The molecule has 0 aliphatic rings. The molecule has 0 amide bonds. The second-order valence-corrected chi connectivity index (χ2v) is 4.33. The normalized spacial score (nSPS) is 10.5. The molecule has 1 heterocycles. The SMILES string of the molecule is Nc1ccccc1C(=O)c1ccc2cccnc2c1. The van der Waals surface area contributed by atoms with Gasteiger partial charge in [-0.2, -0.15) is 0 Å². The summed E-state index contributed by atoms with van der Waals surface area (Å²) in [5.41, 5.74) is 8.26. The first-order valence-electron chi connectivity index (χ1n) is 6.00. The number of hydrogen-bond donors (Lipinski definition) is 1. The maximum atomic E-state index is 12.4. The number of benzene rings is 2. The van der Waals surface area contributed by atoms with Crippen LogP contribution in [0.4, 0.5) is 5.69 Å². The van der Waals surface area contributed by atoms with Gasteiger partial charge in [-0.05, 0) is 24.3 Å². The molecule has 92 valence electrons. The van der Waals surface area contributed by atoms with Gasteiger partial charge >= 0.3 is 0 Å². The van der Waals surface area contributed by atoms with Gasteiger partial charge in [-0.1, -0.05) is 30.3 Å². The predicted octanol–water partition coefficient (Wildman–Crippen LogP) is 3.05. The van der Waals surface area contributed by atoms with Crippen LogP contribution in [0.5, 0.6) is 0 Å². The summed E-state index contributed by atoms with van der Waals surface area (Å²) in [6.07, 6.45) is 1.72. The maximum absolute atomic E-state index is 12.4. The molecule has 2 N–H and O–H groups in total. The summed E-state index contributed by atoms with van der Waals surface area (Å²) in [6.45, 7) is 0. The Morgan fingerprint density at radius 1 is 1.00 bits per heavy atom. The van der Waals surface area contributed by atoms with Crippen LogP contribution in [-0.2, 0) is 0 Å². The monoisotopic (exact) mass is 248 g/mol. The summed E-state index contributed by atoms with van der Waals surface area (Å²) in [5, 5.41) is 1.01. The second-order valence-electron chi connectivity index (χ2n) is 4.33. The van der Waals surface area contributed by atoms with Gasteiger partial charge in [-0.25, -0.2) is 0 Å². The molecule has 0 bridgehead atoms. The molecule has 0 radical (unpaired) electrons. The minimum atomic E-state index is -0.0781. The van der Waals surface area contributed by atoms with Crippen molar-refractivity contribution in [3.05, 3.63) is 71.9 Å². The third-order valence-corrected chi connectivity index (χ3v) is 3.07. The first-order valence-corrected chi connectivity index (χ1v) is 6.00. The molecule has 0 aliphatic carbocycles. The first kappa shape index (κ1) is 11.4. The van der Waals surface area contributed by atoms with E-state index in [4.69, 9.17) is 5.73 Å². The molecule has 3 rings (SSSR count). The van der Waals surface area contributed by atoms with E-state index in [9.17, 15) is 4.79 Å². The molecular formula is C16H12N2O. The van der Waals surface area contributed by atoms with E-state index in [1.807, 2.05) is 30.3 Å². The molecule has 0 saturated heterocycles. The summed E-state index contributed by atoms with van der Waals surface area (Å²) in [6, 6.07) is 16.4. The highest BCUT2D eigenvalue weighted by Crippen LogP contribution is 2.19. The van der Waals surface area contributed by atoms with E-state index >= 15 is 0 Å². The first-order chi connectivity index (χ1) is 9.25. The lowest BCUT2D eigenvalue weighted by Crippen LogP contribution is -2.05. The van der Waals surface area contributed by atoms with Gasteiger partial charge in [0.1, 0.15) is 0 Å². The van der Waals surface area contributed by atoms with Gasteiger partial charge in [0.15, 0.2) is 5.78 Å². The fourth-order valence-electron chi connectivity index (χ4n) is 2.07. The summed E-state index contributed by atoms with van der Waals surface area (Å²) in [4.78, 5) is 16.7. The Hall–Kier alpha value is -2.68. The topological polar surface area (TPSA) is 56.0 Å². The van der Waals surface area contributed by atoms with E-state index < -0.39 is 0 Å². The minimum Gasteiger partial charge on any atom is -0.398 e. The van der Waals surface area contributed by atoms with Crippen LogP contribution in [0, 0.1) is 0 Å². The number of aromatic nitrogens is 1. The van der Waals surface area contributed by atoms with Gasteiger partial charge in [-0.3, -0.25) is 9.78 Å². The van der Waals surface area contributed by atoms with E-state index in [1.165, 1.54) is 0 Å². The fourth-order valence-corrected chi connectivity index (χ4v) is 2.07. The molecule has 0 aliphatic heterocycles. The van der Waals surface area contributed by atoms with Gasteiger partial charge in [-0.15, -0.1) is 0 Å². The number of carbonyl (C=O) groups is 1. The average molecular weight is 248 g/mol. The predicted molar refractivity (Wildman–Crippen MR) is 76.0 cm³/mol. The van der Waals surface area contributed by atoms with Gasteiger partial charge in [0.05, 0.1) is 5.52 Å². The highest BCUT2D eigenvalue weighted by Gasteiger charge is 2.12. The van der Waals surface area contributed by atoms with E-state index in [1.54, 1.807) is 30.5 Å². The number of para-hydroxylation sites is 1. The Balaban J connectivity index is 2.09. The number of pyridine rings is 1. The van der Waals surface area contributed by atoms with Crippen LogP contribution in [0.15, 0.2) is 60.8 Å². The number of nitrogens with two attached hydrogens (primary N) is 1. The van der Waals surface area contributed by atoms with Crippen LogP contribution in [0.1, 0.15) is 15.9 Å². The zero-order valence-corrected chi connectivity index (χ0v) is 10.2. The molecule has 2 aromatic carbocycles. The molecule has 3 heteroatoms. The quantitative estimate of drug-likeness (QED) is 0.560. The van der Waals surface area contributed by atoms with Crippen molar-refractivity contribution in [2.24, 2.45) is 0 Å². The summed E-state index contributed by atoms with van der Waals surface area (Å²) in [5.74, 6) is -0.0781. The van der Waals surface area contributed by atoms with Crippen molar-refractivity contribution >= 4 is 22.4 Å². The molecular weight excluding hydrogens is 236 g/mol. The van der Waals surface area contributed by atoms with E-state index in [0.717, 1.165) is 10.9 Å². The van der Waals surface area contributed by atoms with E-state index in [0.29, 0.717) is 16.8 Å². The lowest BCUT2D eigenvalue weighted by Gasteiger charge is -2.05. The molecule has 0 saturated carbocycles. The highest BCUT2D eigenvalue weighted by molar-refractivity contribution is 6.13. The van der Waals surface area contributed by atoms with Crippen LogP contribution in [0.25, 0.3) is 10.9 Å². The fraction of sp³-hybridized carbons (Fsp3) is 0. The number of rotatable bonds is 2. The summed E-state index contributed by atoms with van der Waals surface area (Å²) < 4.78 is 0. The Morgan fingerprint density at radius 3 is 2.68 bits per heavy atom. The van der Waals surface area contributed by atoms with Crippen molar-refractivity contribution in [2.75, 3.05) is 5.73 Å². The maximum Gasteiger partial charge on any atom is 0.195 e. The number of fused-ring (bicyclic) bond motifs is 1. The minimum absolute atomic E-state index is 0.0781. The zero-order chi connectivity index (χ0) is 13.2. The Kier molecular flexibility index (Phi) is 2.72. The van der Waals surface area contributed by atoms with Crippen LogP contribution in [0.2, 0.25) is 0 Å². The standard InChI is InChI=1S/C16H12N2O/c17-14-6-2-1-5-13(14)16(19)12-8-7-11-4-3-9-18-15(11)10-12/h1-10H,17H2. The van der Waals surface area contributed by atoms with Crippen molar-refractivity contribution in [1.29, 1.82) is 0 Å². The zero-order valence-electron chi connectivity index (χ0n) is 10.2. The lowest BCUT2D eigenvalue weighted by molar-refractivity contribution is 0.103. The molecule has 0 unspecified atom stereocenters. The molecule has 3 aromatic rings. The Morgan fingerprint density at radius 2 is 1.84 bits per heavy atom. The molecule has 0 spiro atoms. The third-order valence-electron chi connectivity index (χ3n) is 3.07. The van der Waals surface area contributed by atoms with Crippen molar-refractivity contribution in [3.63, 3.8) is 0 Å². The summed E-state index contributed by atoms with van der Waals surface area (Å²) >= 11 is 0. The highest BCUT2D eigenvalue weighted by atomic mass is 16.1. The smallest absolute Gasteiger partial charge is 0.195 e. The Bertz CT molecular complexity index is 765. The van der Waals surface area contributed by atoms with Crippen molar-refractivity contribution in [3.8, 4) is 0 Å². The molecule has 0 fully saturated rings. The molecule has 19 heavy (non-hydrogen) atoms. The molecule has 0 atom stereocenters. The van der Waals surface area contributed by atoms with Crippen molar-refractivity contribution in [2.45, 2.75) is 0 Å². The van der Waals surface area contributed by atoms with E-state index in [2.05, 4.69) is 4.98 Å². The van der Waals surface area contributed by atoms with Gasteiger partial charge in [0, 0.05) is 28.4 Å². The summed E-state index contributed by atoms with van der Waals surface area (Å²) in [7, 11) is 0. The molecule has 3 nitrogen and oxygen atoms in total. The van der Waals surface area contributed by atoms with E-state index in [-0.39, 0.29) is 5.78 Å². The lowest BCUT2D eigenvalue weighted by atomic mass is 10.0. The number of hydrogen-bond acceptors (Lipinski definition) is 3. The number of anilines is 1. The van der Waals surface area contributed by atoms with Crippen LogP contribution in [0.3, 0.4) is 0 Å². The second kappa shape index (κ2) is 4.53. The largest absolute Gasteiger partial charge is 0.398 e. The number of carbonyl (C=O) groups excluding carboxylic acids is 1. The number of nitrogen functional groups attached to an aromatic ring is 1. The molecule has 1 aromatic heterocycles. The van der Waals surface area contributed by atoms with Crippen molar-refractivity contribution in [1.82, 2.24) is 4.98 Å². The van der Waals surface area contributed by atoms with Crippen LogP contribution in [-0.4, -0.2) is 10.8 Å². The van der Waals surface area contributed by atoms with Crippen LogP contribution >= 0.6 is 0 Å². The number of nitrogens with zero attached hydrogens (tertiary/aromatic N) is 1. The van der Waals surface area contributed by atoms with Gasteiger partial charge in [0.25, 0.3) is 0 Å². The van der Waals surface area contributed by atoms with Gasteiger partial charge in [0.2, 0.25) is 0 Å². The average Bonchev–Trinajstić information content (AvgIpc) is 2.46. The number of ketones is 1.